The smallest absolute Gasteiger partial charge is 0.257 e. The van der Waals surface area contributed by atoms with Gasteiger partial charge >= 0.3 is 0 Å². The van der Waals surface area contributed by atoms with Crippen LogP contribution >= 0.6 is 27.3 Å². The Morgan fingerprint density at radius 3 is 2.43 bits per heavy atom. The van der Waals surface area contributed by atoms with Crippen LogP contribution < -0.4 is 5.32 Å². The highest BCUT2D eigenvalue weighted by Crippen LogP contribution is 2.27. The van der Waals surface area contributed by atoms with Gasteiger partial charge in [-0.05, 0) is 24.3 Å². The van der Waals surface area contributed by atoms with Crippen LogP contribution in [0.2, 0.25) is 0 Å². The second-order valence-corrected chi connectivity index (χ2v) is 6.13. The molecule has 21 heavy (non-hydrogen) atoms. The standard InChI is InChI=1S/C15H10BrN3OS/c16-12-8-6-11(7-9-12)14-18-19-15(21-14)17-13(20)10-4-2-1-3-5-10/h1-9H,(H,17,19,20). The Labute approximate surface area is 134 Å². The van der Waals surface area contributed by atoms with E-state index in [1.165, 1.54) is 11.3 Å². The Kier molecular flexibility index (Phi) is 4.08. The molecule has 1 amide bonds. The topological polar surface area (TPSA) is 54.9 Å². The first-order valence-electron chi connectivity index (χ1n) is 6.18. The minimum absolute atomic E-state index is 0.186. The van der Waals surface area contributed by atoms with E-state index < -0.39 is 0 Å². The van der Waals surface area contributed by atoms with E-state index in [0.29, 0.717) is 10.7 Å². The summed E-state index contributed by atoms with van der Waals surface area (Å²) < 4.78 is 1.01. The van der Waals surface area contributed by atoms with Crippen LogP contribution in [0, 0.1) is 0 Å². The quantitative estimate of drug-likeness (QED) is 0.761. The van der Waals surface area contributed by atoms with Gasteiger partial charge in [0.05, 0.1) is 0 Å². The van der Waals surface area contributed by atoms with Crippen molar-refractivity contribution in [3.63, 3.8) is 0 Å². The summed E-state index contributed by atoms with van der Waals surface area (Å²) in [5.41, 5.74) is 1.56. The second-order valence-electron chi connectivity index (χ2n) is 4.24. The van der Waals surface area contributed by atoms with E-state index in [1.54, 1.807) is 12.1 Å². The average molecular weight is 360 g/mol. The number of anilines is 1. The van der Waals surface area contributed by atoms with Gasteiger partial charge in [0, 0.05) is 15.6 Å². The summed E-state index contributed by atoms with van der Waals surface area (Å²) >= 11 is 4.74. The van der Waals surface area contributed by atoms with Crippen molar-refractivity contribution in [2.24, 2.45) is 0 Å². The third-order valence-corrected chi connectivity index (χ3v) is 4.19. The van der Waals surface area contributed by atoms with E-state index in [0.717, 1.165) is 15.0 Å². The van der Waals surface area contributed by atoms with Crippen LogP contribution in [-0.4, -0.2) is 16.1 Å². The van der Waals surface area contributed by atoms with Crippen molar-refractivity contribution in [1.82, 2.24) is 10.2 Å². The molecule has 0 fully saturated rings. The maximum atomic E-state index is 12.0. The first-order chi connectivity index (χ1) is 10.2. The number of nitrogens with zero attached hydrogens (tertiary/aromatic N) is 2. The fourth-order valence-electron chi connectivity index (χ4n) is 1.74. The summed E-state index contributed by atoms with van der Waals surface area (Å²) in [4.78, 5) is 12.0. The highest BCUT2D eigenvalue weighted by Gasteiger charge is 2.10. The lowest BCUT2D eigenvalue weighted by Crippen LogP contribution is -2.11. The highest BCUT2D eigenvalue weighted by molar-refractivity contribution is 9.10. The molecule has 0 saturated carbocycles. The Hall–Kier alpha value is -2.05. The lowest BCUT2D eigenvalue weighted by Gasteiger charge is -1.99. The summed E-state index contributed by atoms with van der Waals surface area (Å²) in [5.74, 6) is -0.186. The molecule has 1 aromatic heterocycles. The number of nitrogens with one attached hydrogen (secondary N) is 1. The number of rotatable bonds is 3. The Bertz CT molecular complexity index is 756. The van der Waals surface area contributed by atoms with Gasteiger partial charge in [0.2, 0.25) is 5.13 Å². The maximum Gasteiger partial charge on any atom is 0.257 e. The minimum Gasteiger partial charge on any atom is -0.296 e. The van der Waals surface area contributed by atoms with E-state index in [-0.39, 0.29) is 5.91 Å². The average Bonchev–Trinajstić information content (AvgIpc) is 2.97. The van der Waals surface area contributed by atoms with Gasteiger partial charge in [-0.15, -0.1) is 10.2 Å². The minimum atomic E-state index is -0.186. The predicted octanol–water partition coefficient (Wildman–Crippen LogP) is 4.22. The zero-order valence-corrected chi connectivity index (χ0v) is 13.2. The second kappa shape index (κ2) is 6.15. The molecule has 0 aliphatic carbocycles. The third-order valence-electron chi connectivity index (χ3n) is 2.77. The molecule has 0 spiro atoms. The van der Waals surface area contributed by atoms with Gasteiger partial charge in [-0.1, -0.05) is 57.6 Å². The van der Waals surface area contributed by atoms with Gasteiger partial charge in [-0.25, -0.2) is 0 Å². The Morgan fingerprint density at radius 2 is 1.71 bits per heavy atom. The summed E-state index contributed by atoms with van der Waals surface area (Å²) in [6.07, 6.45) is 0. The fraction of sp³-hybridized carbons (Fsp3) is 0. The predicted molar refractivity (Wildman–Crippen MR) is 87.4 cm³/mol. The van der Waals surface area contributed by atoms with E-state index in [2.05, 4.69) is 31.4 Å². The van der Waals surface area contributed by atoms with Gasteiger partial charge in [0.25, 0.3) is 5.91 Å². The number of carbonyl (C=O) groups is 1. The van der Waals surface area contributed by atoms with Crippen LogP contribution in [0.25, 0.3) is 10.6 Å². The van der Waals surface area contributed by atoms with E-state index in [9.17, 15) is 4.79 Å². The molecular formula is C15H10BrN3OS. The summed E-state index contributed by atoms with van der Waals surface area (Å²) in [6, 6.07) is 16.8. The summed E-state index contributed by atoms with van der Waals surface area (Å²) in [5, 5.41) is 12.1. The summed E-state index contributed by atoms with van der Waals surface area (Å²) in [7, 11) is 0. The van der Waals surface area contributed by atoms with Crippen LogP contribution in [0.5, 0.6) is 0 Å². The fourth-order valence-corrected chi connectivity index (χ4v) is 2.75. The lowest BCUT2D eigenvalue weighted by molar-refractivity contribution is 0.102. The van der Waals surface area contributed by atoms with Crippen molar-refractivity contribution in [2.45, 2.75) is 0 Å². The molecule has 0 saturated heterocycles. The van der Waals surface area contributed by atoms with Crippen molar-refractivity contribution < 1.29 is 4.79 Å². The molecule has 4 nitrogen and oxygen atoms in total. The molecule has 1 N–H and O–H groups in total. The molecule has 3 aromatic rings. The van der Waals surface area contributed by atoms with Crippen LogP contribution in [-0.2, 0) is 0 Å². The van der Waals surface area contributed by atoms with Crippen molar-refractivity contribution in [3.05, 3.63) is 64.6 Å². The van der Waals surface area contributed by atoms with Gasteiger partial charge in [-0.2, -0.15) is 0 Å². The molecule has 2 aromatic carbocycles. The van der Waals surface area contributed by atoms with Crippen LogP contribution in [0.1, 0.15) is 10.4 Å². The number of hydrogen-bond acceptors (Lipinski definition) is 4. The largest absolute Gasteiger partial charge is 0.296 e. The van der Waals surface area contributed by atoms with E-state index in [4.69, 9.17) is 0 Å². The number of hydrogen-bond donors (Lipinski definition) is 1. The van der Waals surface area contributed by atoms with Gasteiger partial charge in [0.1, 0.15) is 5.01 Å². The molecule has 0 radical (unpaired) electrons. The number of halogens is 1. The molecule has 0 bridgehead atoms. The zero-order chi connectivity index (χ0) is 14.7. The molecule has 0 atom stereocenters. The van der Waals surface area contributed by atoms with Crippen molar-refractivity contribution >= 4 is 38.3 Å². The molecule has 3 rings (SSSR count). The number of aromatic nitrogens is 2. The molecule has 0 unspecified atom stereocenters. The van der Waals surface area contributed by atoms with Crippen molar-refractivity contribution in [2.75, 3.05) is 5.32 Å². The Morgan fingerprint density at radius 1 is 1.00 bits per heavy atom. The van der Waals surface area contributed by atoms with E-state index >= 15 is 0 Å². The van der Waals surface area contributed by atoms with Gasteiger partial charge in [-0.3, -0.25) is 10.1 Å². The molecule has 6 heteroatoms. The number of benzene rings is 2. The number of amides is 1. The molecule has 104 valence electrons. The van der Waals surface area contributed by atoms with E-state index in [1.807, 2.05) is 42.5 Å². The van der Waals surface area contributed by atoms with Crippen molar-refractivity contribution in [3.8, 4) is 10.6 Å². The van der Waals surface area contributed by atoms with Crippen LogP contribution in [0.15, 0.2) is 59.1 Å². The SMILES string of the molecule is O=C(Nc1nnc(-c2ccc(Br)cc2)s1)c1ccccc1. The van der Waals surface area contributed by atoms with Crippen LogP contribution in [0.4, 0.5) is 5.13 Å². The maximum absolute atomic E-state index is 12.0. The lowest BCUT2D eigenvalue weighted by atomic mass is 10.2. The molecule has 0 aliphatic rings. The molecular weight excluding hydrogens is 350 g/mol. The zero-order valence-electron chi connectivity index (χ0n) is 10.8. The normalized spacial score (nSPS) is 10.3. The monoisotopic (exact) mass is 359 g/mol. The molecule has 0 aliphatic heterocycles. The first kappa shape index (κ1) is 13.9. The first-order valence-corrected chi connectivity index (χ1v) is 7.79. The van der Waals surface area contributed by atoms with Crippen LogP contribution in [0.3, 0.4) is 0 Å². The number of carbonyl (C=O) groups excluding carboxylic acids is 1. The van der Waals surface area contributed by atoms with Crippen molar-refractivity contribution in [1.29, 1.82) is 0 Å². The summed E-state index contributed by atoms with van der Waals surface area (Å²) in [6.45, 7) is 0. The Balaban J connectivity index is 1.76. The third kappa shape index (κ3) is 3.34. The molecule has 1 heterocycles. The van der Waals surface area contributed by atoms with Gasteiger partial charge < -0.3 is 0 Å². The van der Waals surface area contributed by atoms with Gasteiger partial charge in [0.15, 0.2) is 0 Å². The highest BCUT2D eigenvalue weighted by atomic mass is 79.9.